The fourth-order valence-corrected chi connectivity index (χ4v) is 3.03. The number of aromatic nitrogens is 2. The van der Waals surface area contributed by atoms with E-state index in [-0.39, 0.29) is 5.84 Å². The van der Waals surface area contributed by atoms with Crippen molar-refractivity contribution in [1.29, 1.82) is 0 Å². The van der Waals surface area contributed by atoms with Gasteiger partial charge in [0.1, 0.15) is 0 Å². The van der Waals surface area contributed by atoms with Crippen molar-refractivity contribution in [1.82, 2.24) is 14.7 Å². The highest BCUT2D eigenvalue weighted by Gasteiger charge is 2.17. The van der Waals surface area contributed by atoms with Crippen LogP contribution in [0.1, 0.15) is 57.2 Å². The van der Waals surface area contributed by atoms with Crippen LogP contribution in [0.25, 0.3) is 0 Å². The van der Waals surface area contributed by atoms with Crippen LogP contribution in [0.15, 0.2) is 17.4 Å². The first-order valence-electron chi connectivity index (χ1n) is 7.95. The molecule has 1 fully saturated rings. The van der Waals surface area contributed by atoms with E-state index in [0.717, 1.165) is 25.2 Å². The van der Waals surface area contributed by atoms with E-state index in [9.17, 15) is 0 Å². The second kappa shape index (κ2) is 8.02. The van der Waals surface area contributed by atoms with E-state index in [1.54, 1.807) is 0 Å². The largest absolute Gasteiger partial charge is 0.409 e. The molecule has 6 nitrogen and oxygen atoms in total. The lowest BCUT2D eigenvalue weighted by molar-refractivity contribution is 0.279. The first kappa shape index (κ1) is 15.8. The van der Waals surface area contributed by atoms with Crippen LogP contribution in [-0.2, 0) is 6.54 Å². The molecule has 118 valence electrons. The lowest BCUT2D eigenvalue weighted by Gasteiger charge is -2.22. The molecule has 1 aromatic rings. The zero-order chi connectivity index (χ0) is 15.1. The Kier molecular flexibility index (Phi) is 6.04. The fourth-order valence-electron chi connectivity index (χ4n) is 3.03. The molecule has 0 unspecified atom stereocenters. The Balaban J connectivity index is 1.95. The Morgan fingerprint density at radius 1 is 1.48 bits per heavy atom. The Bertz CT molecular complexity index is 451. The molecule has 1 aliphatic rings. The van der Waals surface area contributed by atoms with E-state index in [2.05, 4.69) is 33.9 Å². The van der Waals surface area contributed by atoms with E-state index in [0.29, 0.717) is 12.6 Å². The molecule has 0 aliphatic heterocycles. The van der Waals surface area contributed by atoms with Gasteiger partial charge >= 0.3 is 0 Å². The lowest BCUT2D eigenvalue weighted by Crippen LogP contribution is -2.34. The quantitative estimate of drug-likeness (QED) is 0.350. The lowest BCUT2D eigenvalue weighted by atomic mass is 9.96. The summed E-state index contributed by atoms with van der Waals surface area (Å²) in [7, 11) is 0. The van der Waals surface area contributed by atoms with Crippen LogP contribution in [0.5, 0.6) is 0 Å². The number of hydrogen-bond donors (Lipinski definition) is 2. The number of nitrogens with two attached hydrogens (primary N) is 1. The predicted octanol–water partition coefficient (Wildman–Crippen LogP) is 2.35. The zero-order valence-corrected chi connectivity index (χ0v) is 12.9. The molecule has 0 aromatic carbocycles. The van der Waals surface area contributed by atoms with Gasteiger partial charge < -0.3 is 10.9 Å². The van der Waals surface area contributed by atoms with Gasteiger partial charge in [0, 0.05) is 12.7 Å². The number of amidine groups is 1. The highest BCUT2D eigenvalue weighted by Crippen LogP contribution is 2.27. The fraction of sp³-hybridized carbons (Fsp3) is 0.733. The molecule has 1 saturated carbocycles. The summed E-state index contributed by atoms with van der Waals surface area (Å²) in [6.45, 7) is 4.25. The Labute approximate surface area is 126 Å². The Morgan fingerprint density at radius 2 is 2.24 bits per heavy atom. The van der Waals surface area contributed by atoms with Gasteiger partial charge in [-0.05, 0) is 31.9 Å². The molecule has 1 aromatic heterocycles. The summed E-state index contributed by atoms with van der Waals surface area (Å²) < 4.78 is 2.13. The minimum atomic E-state index is 0.246. The first-order chi connectivity index (χ1) is 10.2. The molecule has 2 rings (SSSR count). The van der Waals surface area contributed by atoms with E-state index in [4.69, 9.17) is 16.0 Å². The number of nitrogens with zero attached hydrogens (tertiary/aromatic N) is 4. The standard InChI is InChI=1S/C15H27N5O/c1-2-9-19(12-15(16)18-21)11-13-8-10-20(17-13)14-6-4-3-5-7-14/h8,10,14,21H,2-7,9,11-12H2,1H3,(H2,16,18). The van der Waals surface area contributed by atoms with Crippen molar-refractivity contribution in [2.75, 3.05) is 13.1 Å². The SMILES string of the molecule is CCCN(CC(N)=NO)Cc1ccn(C2CCCCC2)n1. The summed E-state index contributed by atoms with van der Waals surface area (Å²) in [5, 5.41) is 16.5. The van der Waals surface area contributed by atoms with Gasteiger partial charge in [-0.1, -0.05) is 31.3 Å². The van der Waals surface area contributed by atoms with Crippen LogP contribution in [0, 0.1) is 0 Å². The van der Waals surface area contributed by atoms with Crippen LogP contribution >= 0.6 is 0 Å². The number of rotatable bonds is 7. The Hall–Kier alpha value is -1.56. The summed E-state index contributed by atoms with van der Waals surface area (Å²) >= 11 is 0. The highest BCUT2D eigenvalue weighted by molar-refractivity contribution is 5.81. The second-order valence-electron chi connectivity index (χ2n) is 5.88. The van der Waals surface area contributed by atoms with Gasteiger partial charge in [0.05, 0.1) is 18.3 Å². The van der Waals surface area contributed by atoms with E-state index in [1.807, 2.05) is 0 Å². The topological polar surface area (TPSA) is 79.7 Å². The van der Waals surface area contributed by atoms with Crippen molar-refractivity contribution in [2.24, 2.45) is 10.9 Å². The second-order valence-corrected chi connectivity index (χ2v) is 5.88. The molecule has 21 heavy (non-hydrogen) atoms. The van der Waals surface area contributed by atoms with Crippen LogP contribution in [-0.4, -0.2) is 38.8 Å². The van der Waals surface area contributed by atoms with Crippen molar-refractivity contribution in [2.45, 2.75) is 58.0 Å². The van der Waals surface area contributed by atoms with Crippen molar-refractivity contribution in [3.63, 3.8) is 0 Å². The third kappa shape index (κ3) is 4.74. The minimum Gasteiger partial charge on any atom is -0.409 e. The van der Waals surface area contributed by atoms with Crippen LogP contribution in [0.4, 0.5) is 0 Å². The number of oxime groups is 1. The van der Waals surface area contributed by atoms with Crippen molar-refractivity contribution < 1.29 is 5.21 Å². The maximum atomic E-state index is 8.71. The van der Waals surface area contributed by atoms with Crippen molar-refractivity contribution in [3.05, 3.63) is 18.0 Å². The average molecular weight is 293 g/mol. The summed E-state index contributed by atoms with van der Waals surface area (Å²) in [5.74, 6) is 0.246. The molecule has 1 aliphatic carbocycles. The predicted molar refractivity (Wildman–Crippen MR) is 83.3 cm³/mol. The van der Waals surface area contributed by atoms with Gasteiger partial charge in [-0.15, -0.1) is 0 Å². The molecule has 3 N–H and O–H groups in total. The molecule has 0 radical (unpaired) electrons. The van der Waals surface area contributed by atoms with Gasteiger partial charge in [0.25, 0.3) is 0 Å². The molecular formula is C15H27N5O. The zero-order valence-electron chi connectivity index (χ0n) is 12.9. The molecule has 0 saturated heterocycles. The molecule has 0 spiro atoms. The highest BCUT2D eigenvalue weighted by atomic mass is 16.4. The maximum Gasteiger partial charge on any atom is 0.153 e. The summed E-state index contributed by atoms with van der Waals surface area (Å²) in [5.41, 5.74) is 6.67. The van der Waals surface area contributed by atoms with Gasteiger partial charge in [-0.2, -0.15) is 5.10 Å². The Morgan fingerprint density at radius 3 is 2.90 bits per heavy atom. The van der Waals surface area contributed by atoms with Crippen LogP contribution in [0.2, 0.25) is 0 Å². The van der Waals surface area contributed by atoms with Crippen LogP contribution < -0.4 is 5.73 Å². The molecule has 0 atom stereocenters. The minimum absolute atomic E-state index is 0.246. The summed E-state index contributed by atoms with van der Waals surface area (Å²) in [6.07, 6.45) is 9.58. The van der Waals surface area contributed by atoms with Gasteiger partial charge in [0.2, 0.25) is 0 Å². The van der Waals surface area contributed by atoms with E-state index < -0.39 is 0 Å². The molecule has 0 amide bonds. The first-order valence-corrected chi connectivity index (χ1v) is 7.95. The average Bonchev–Trinajstić information content (AvgIpc) is 2.97. The molecule has 6 heteroatoms. The van der Waals surface area contributed by atoms with Crippen molar-refractivity contribution >= 4 is 5.84 Å². The summed E-state index contributed by atoms with van der Waals surface area (Å²) in [6, 6.07) is 2.65. The van der Waals surface area contributed by atoms with Gasteiger partial charge in [0.15, 0.2) is 5.84 Å². The monoisotopic (exact) mass is 293 g/mol. The third-order valence-electron chi connectivity index (χ3n) is 4.05. The van der Waals surface area contributed by atoms with E-state index >= 15 is 0 Å². The number of hydrogen-bond acceptors (Lipinski definition) is 4. The van der Waals surface area contributed by atoms with Gasteiger partial charge in [-0.3, -0.25) is 9.58 Å². The van der Waals surface area contributed by atoms with Crippen molar-refractivity contribution in [3.8, 4) is 0 Å². The third-order valence-corrected chi connectivity index (χ3v) is 4.05. The molecule has 0 bridgehead atoms. The normalized spacial score (nSPS) is 17.5. The molecule has 1 heterocycles. The van der Waals surface area contributed by atoms with Crippen LogP contribution in [0.3, 0.4) is 0 Å². The maximum absolute atomic E-state index is 8.71. The van der Waals surface area contributed by atoms with Gasteiger partial charge in [-0.25, -0.2) is 0 Å². The molecular weight excluding hydrogens is 266 g/mol. The van der Waals surface area contributed by atoms with E-state index in [1.165, 1.54) is 32.1 Å². The summed E-state index contributed by atoms with van der Waals surface area (Å²) in [4.78, 5) is 2.16. The smallest absolute Gasteiger partial charge is 0.153 e.